The van der Waals surface area contributed by atoms with E-state index in [4.69, 9.17) is 0 Å². The van der Waals surface area contributed by atoms with Gasteiger partial charge in [0, 0.05) is 51.0 Å². The first kappa shape index (κ1) is 17.4. The highest BCUT2D eigenvalue weighted by Gasteiger charge is 2.46. The molecule has 24 heavy (non-hydrogen) atoms. The summed E-state index contributed by atoms with van der Waals surface area (Å²) >= 11 is 0. The predicted octanol–water partition coefficient (Wildman–Crippen LogP) is 1.74. The Kier molecular flexibility index (Phi) is 4.92. The maximum Gasteiger partial charge on any atom is 0.226 e. The molecule has 1 aliphatic heterocycles. The summed E-state index contributed by atoms with van der Waals surface area (Å²) in [6, 6.07) is 4.01. The molecule has 1 amide bonds. The first-order valence-corrected chi connectivity index (χ1v) is 8.95. The van der Waals surface area contributed by atoms with Gasteiger partial charge in [-0.3, -0.25) is 14.7 Å². The number of hydrogen-bond acceptors (Lipinski definition) is 4. The molecule has 0 radical (unpaired) electrons. The summed E-state index contributed by atoms with van der Waals surface area (Å²) in [6.45, 7) is 10.1. The topological polar surface area (TPSA) is 56.7 Å². The molecule has 2 fully saturated rings. The van der Waals surface area contributed by atoms with Gasteiger partial charge in [0.2, 0.25) is 5.91 Å². The molecule has 1 N–H and O–H groups in total. The molecular weight excluding hydrogens is 302 g/mol. The van der Waals surface area contributed by atoms with Crippen LogP contribution >= 0.6 is 0 Å². The number of aromatic nitrogens is 1. The molecule has 2 heterocycles. The smallest absolute Gasteiger partial charge is 0.226 e. The zero-order valence-corrected chi connectivity index (χ0v) is 15.0. The zero-order valence-electron chi connectivity index (χ0n) is 15.0. The molecule has 2 aliphatic rings. The van der Waals surface area contributed by atoms with E-state index in [0.717, 1.165) is 32.6 Å². The van der Waals surface area contributed by atoms with Gasteiger partial charge in [-0.1, -0.05) is 26.8 Å². The molecule has 0 spiro atoms. The second kappa shape index (κ2) is 6.81. The fraction of sp³-hybridized carbons (Fsp3) is 0.684. The summed E-state index contributed by atoms with van der Waals surface area (Å²) in [5.74, 6) is 0.785. The molecular formula is C19H29N3O2. The summed E-state index contributed by atoms with van der Waals surface area (Å²) < 4.78 is 0. The minimum absolute atomic E-state index is 0.0993. The molecule has 3 atom stereocenters. The van der Waals surface area contributed by atoms with Crippen LogP contribution in [0.5, 0.6) is 0 Å². The number of piperazine rings is 1. The lowest BCUT2D eigenvalue weighted by molar-refractivity contribution is -0.134. The molecule has 132 valence electrons. The molecule has 3 rings (SSSR count). The van der Waals surface area contributed by atoms with Crippen LogP contribution in [0.1, 0.15) is 38.7 Å². The SMILES string of the molecule is CC(C)(C)[C@H](O)CN1CCN(C(=O)[C@@H]2C[C@H]2c2cccnc2)CC1. The first-order chi connectivity index (χ1) is 11.4. The van der Waals surface area contributed by atoms with Crippen LogP contribution in [0.3, 0.4) is 0 Å². The minimum atomic E-state index is -0.335. The molecule has 0 aromatic carbocycles. The van der Waals surface area contributed by atoms with Gasteiger partial charge in [0.05, 0.1) is 6.10 Å². The summed E-state index contributed by atoms with van der Waals surface area (Å²) in [5, 5.41) is 10.2. The number of carbonyl (C=O) groups is 1. The lowest BCUT2D eigenvalue weighted by Gasteiger charge is -2.38. The van der Waals surface area contributed by atoms with Crippen LogP contribution in [0.2, 0.25) is 0 Å². The molecule has 0 bridgehead atoms. The van der Waals surface area contributed by atoms with E-state index in [-0.39, 0.29) is 17.4 Å². The standard InChI is InChI=1S/C19H29N3O2/c1-19(2,3)17(23)13-21-7-9-22(10-8-21)18(24)16-11-15(16)14-5-4-6-20-12-14/h4-6,12,15-17,23H,7-11,13H2,1-3H3/t15-,16+,17+/m0/s1. The van der Waals surface area contributed by atoms with Crippen molar-refractivity contribution < 1.29 is 9.90 Å². The Labute approximate surface area is 144 Å². The van der Waals surface area contributed by atoms with Crippen molar-refractivity contribution in [3.8, 4) is 0 Å². The molecule has 0 unspecified atom stereocenters. The number of aliphatic hydroxyl groups excluding tert-OH is 1. The van der Waals surface area contributed by atoms with Crippen molar-refractivity contribution in [2.75, 3.05) is 32.7 Å². The maximum atomic E-state index is 12.7. The van der Waals surface area contributed by atoms with Crippen LogP contribution in [-0.4, -0.2) is 64.6 Å². The highest BCUT2D eigenvalue weighted by Crippen LogP contribution is 2.48. The van der Waals surface area contributed by atoms with Crippen molar-refractivity contribution in [1.82, 2.24) is 14.8 Å². The number of nitrogens with zero attached hydrogens (tertiary/aromatic N) is 3. The van der Waals surface area contributed by atoms with Gasteiger partial charge in [0.25, 0.3) is 0 Å². The maximum absolute atomic E-state index is 12.7. The Bertz CT molecular complexity index is 562. The lowest BCUT2D eigenvalue weighted by atomic mass is 9.89. The van der Waals surface area contributed by atoms with E-state index in [9.17, 15) is 9.90 Å². The van der Waals surface area contributed by atoms with E-state index >= 15 is 0 Å². The third kappa shape index (κ3) is 3.95. The number of β-amino-alcohol motifs (C(OH)–C–C–N with tert-alkyl or cyclic N) is 1. The van der Waals surface area contributed by atoms with Gasteiger partial charge < -0.3 is 10.0 Å². The predicted molar refractivity (Wildman–Crippen MR) is 93.6 cm³/mol. The molecule has 1 saturated heterocycles. The fourth-order valence-corrected chi connectivity index (χ4v) is 3.34. The normalized spacial score (nSPS) is 26.2. The third-order valence-electron chi connectivity index (χ3n) is 5.33. The third-order valence-corrected chi connectivity index (χ3v) is 5.33. The van der Waals surface area contributed by atoms with Crippen LogP contribution in [-0.2, 0) is 4.79 Å². The van der Waals surface area contributed by atoms with E-state index in [1.807, 2.05) is 17.2 Å². The second-order valence-electron chi connectivity index (χ2n) is 8.24. The minimum Gasteiger partial charge on any atom is -0.391 e. The number of hydrogen-bond donors (Lipinski definition) is 1. The molecule has 1 saturated carbocycles. The van der Waals surface area contributed by atoms with Crippen molar-refractivity contribution >= 4 is 5.91 Å². The van der Waals surface area contributed by atoms with Crippen LogP contribution in [0.15, 0.2) is 24.5 Å². The molecule has 1 aliphatic carbocycles. The average molecular weight is 331 g/mol. The zero-order chi connectivity index (χ0) is 17.3. The van der Waals surface area contributed by atoms with E-state index in [0.29, 0.717) is 18.4 Å². The van der Waals surface area contributed by atoms with Gasteiger partial charge in [-0.25, -0.2) is 0 Å². The summed E-state index contributed by atoms with van der Waals surface area (Å²) in [5.41, 5.74) is 1.08. The van der Waals surface area contributed by atoms with Crippen molar-refractivity contribution in [1.29, 1.82) is 0 Å². The van der Waals surface area contributed by atoms with Crippen molar-refractivity contribution in [2.24, 2.45) is 11.3 Å². The number of pyridine rings is 1. The Morgan fingerprint density at radius 2 is 2.04 bits per heavy atom. The monoisotopic (exact) mass is 331 g/mol. The molecule has 5 heteroatoms. The number of rotatable bonds is 4. The average Bonchev–Trinajstić information content (AvgIpc) is 3.35. The Hall–Kier alpha value is -1.46. The number of aliphatic hydroxyl groups is 1. The highest BCUT2D eigenvalue weighted by atomic mass is 16.3. The van der Waals surface area contributed by atoms with E-state index in [1.165, 1.54) is 5.56 Å². The van der Waals surface area contributed by atoms with Crippen LogP contribution in [0.25, 0.3) is 0 Å². The van der Waals surface area contributed by atoms with Crippen LogP contribution < -0.4 is 0 Å². The highest BCUT2D eigenvalue weighted by molar-refractivity contribution is 5.83. The summed E-state index contributed by atoms with van der Waals surface area (Å²) in [4.78, 5) is 21.1. The molecule has 5 nitrogen and oxygen atoms in total. The van der Waals surface area contributed by atoms with E-state index in [1.54, 1.807) is 6.20 Å². The quantitative estimate of drug-likeness (QED) is 0.913. The first-order valence-electron chi connectivity index (χ1n) is 8.95. The van der Waals surface area contributed by atoms with E-state index < -0.39 is 0 Å². The fourth-order valence-electron chi connectivity index (χ4n) is 3.34. The van der Waals surface area contributed by atoms with Gasteiger partial charge in [-0.2, -0.15) is 0 Å². The van der Waals surface area contributed by atoms with Gasteiger partial charge in [0.15, 0.2) is 0 Å². The van der Waals surface area contributed by atoms with E-state index in [2.05, 4.69) is 36.7 Å². The van der Waals surface area contributed by atoms with Gasteiger partial charge in [-0.15, -0.1) is 0 Å². The molecule has 1 aromatic heterocycles. The van der Waals surface area contributed by atoms with Crippen molar-refractivity contribution in [2.45, 2.75) is 39.2 Å². The summed E-state index contributed by atoms with van der Waals surface area (Å²) in [6.07, 6.45) is 4.27. The van der Waals surface area contributed by atoms with Gasteiger partial charge in [-0.05, 0) is 29.4 Å². The Balaban J connectivity index is 1.47. The second-order valence-corrected chi connectivity index (χ2v) is 8.24. The summed E-state index contributed by atoms with van der Waals surface area (Å²) in [7, 11) is 0. The van der Waals surface area contributed by atoms with Gasteiger partial charge >= 0.3 is 0 Å². The van der Waals surface area contributed by atoms with Crippen molar-refractivity contribution in [3.05, 3.63) is 30.1 Å². The van der Waals surface area contributed by atoms with Crippen LogP contribution in [0.4, 0.5) is 0 Å². The Morgan fingerprint density at radius 1 is 1.33 bits per heavy atom. The lowest BCUT2D eigenvalue weighted by Crippen LogP contribution is -2.52. The Morgan fingerprint density at radius 3 is 2.62 bits per heavy atom. The number of carbonyl (C=O) groups excluding carboxylic acids is 1. The van der Waals surface area contributed by atoms with Gasteiger partial charge in [0.1, 0.15) is 0 Å². The van der Waals surface area contributed by atoms with Crippen molar-refractivity contribution in [3.63, 3.8) is 0 Å². The van der Waals surface area contributed by atoms with Crippen LogP contribution in [0, 0.1) is 11.3 Å². The molecule has 1 aromatic rings. The largest absolute Gasteiger partial charge is 0.391 e. The number of amides is 1.